The Morgan fingerprint density at radius 2 is 1.81 bits per heavy atom. The minimum Gasteiger partial charge on any atom is -0.337 e. The predicted octanol–water partition coefficient (Wildman–Crippen LogP) is 2.62. The van der Waals surface area contributed by atoms with Gasteiger partial charge in [0, 0.05) is 19.5 Å². The highest BCUT2D eigenvalue weighted by Gasteiger charge is 2.53. The second-order valence-electron chi connectivity index (χ2n) is 7.63. The molecule has 1 aromatic rings. The topological polar surface area (TPSA) is 57.7 Å². The van der Waals surface area contributed by atoms with E-state index in [4.69, 9.17) is 0 Å². The van der Waals surface area contributed by atoms with Gasteiger partial charge in [-0.05, 0) is 30.4 Å². The van der Waals surface area contributed by atoms with E-state index in [9.17, 15) is 14.4 Å². The first-order valence-electron chi connectivity index (χ1n) is 9.46. The fourth-order valence-corrected chi connectivity index (χ4v) is 4.51. The Hall–Kier alpha value is -2.43. The standard InChI is InChI=1S/C21H24N2O3/c24-18-14-21(10-4-5-11-21)20(26)23(18)15-19(25)22-12-8-17(9-13-22)16-6-2-1-3-7-16/h1-3,6-8H,4-5,9-15H2. The van der Waals surface area contributed by atoms with Crippen LogP contribution >= 0.6 is 0 Å². The van der Waals surface area contributed by atoms with Crippen LogP contribution in [-0.4, -0.2) is 47.2 Å². The Kier molecular flexibility index (Phi) is 4.39. The van der Waals surface area contributed by atoms with E-state index in [2.05, 4.69) is 18.2 Å². The molecule has 0 atom stereocenters. The molecule has 1 aliphatic carbocycles. The molecule has 0 radical (unpaired) electrons. The summed E-state index contributed by atoms with van der Waals surface area (Å²) in [6.07, 6.45) is 6.73. The number of hydrogen-bond acceptors (Lipinski definition) is 3. The normalized spacial score (nSPS) is 22.2. The molecule has 1 saturated heterocycles. The minimum atomic E-state index is -0.500. The molecule has 2 aliphatic heterocycles. The van der Waals surface area contributed by atoms with E-state index in [-0.39, 0.29) is 30.7 Å². The molecule has 0 aromatic heterocycles. The summed E-state index contributed by atoms with van der Waals surface area (Å²) in [7, 11) is 0. The van der Waals surface area contributed by atoms with Crippen molar-refractivity contribution >= 4 is 23.3 Å². The number of carbonyl (C=O) groups excluding carboxylic acids is 3. The number of likely N-dealkylation sites (tertiary alicyclic amines) is 1. The van der Waals surface area contributed by atoms with Crippen molar-refractivity contribution in [2.45, 2.75) is 38.5 Å². The molecule has 4 rings (SSSR count). The van der Waals surface area contributed by atoms with E-state index in [1.807, 2.05) is 18.2 Å². The van der Waals surface area contributed by atoms with Crippen LogP contribution in [0.4, 0.5) is 0 Å². The molecule has 2 fully saturated rings. The molecule has 3 amide bonds. The molecule has 5 heteroatoms. The van der Waals surface area contributed by atoms with Crippen molar-refractivity contribution in [3.8, 4) is 0 Å². The monoisotopic (exact) mass is 352 g/mol. The average Bonchev–Trinajstić information content (AvgIpc) is 3.23. The summed E-state index contributed by atoms with van der Waals surface area (Å²) in [5.41, 5.74) is 1.93. The van der Waals surface area contributed by atoms with E-state index in [1.165, 1.54) is 16.0 Å². The van der Waals surface area contributed by atoms with E-state index in [0.717, 1.165) is 32.1 Å². The molecule has 1 saturated carbocycles. The average molecular weight is 352 g/mol. The molecule has 2 heterocycles. The highest BCUT2D eigenvalue weighted by atomic mass is 16.2. The molecule has 1 aromatic carbocycles. The Bertz CT molecular complexity index is 763. The zero-order valence-electron chi connectivity index (χ0n) is 14.9. The van der Waals surface area contributed by atoms with Crippen molar-refractivity contribution < 1.29 is 14.4 Å². The van der Waals surface area contributed by atoms with Crippen LogP contribution < -0.4 is 0 Å². The molecule has 0 N–H and O–H groups in total. The number of nitrogens with zero attached hydrogens (tertiary/aromatic N) is 2. The highest BCUT2D eigenvalue weighted by Crippen LogP contribution is 2.46. The lowest BCUT2D eigenvalue weighted by atomic mass is 9.84. The van der Waals surface area contributed by atoms with Crippen molar-refractivity contribution in [1.82, 2.24) is 9.80 Å². The Labute approximate surface area is 153 Å². The first-order valence-corrected chi connectivity index (χ1v) is 9.46. The quantitative estimate of drug-likeness (QED) is 0.786. The molecular formula is C21H24N2O3. The van der Waals surface area contributed by atoms with Gasteiger partial charge >= 0.3 is 0 Å². The third-order valence-electron chi connectivity index (χ3n) is 6.05. The smallest absolute Gasteiger partial charge is 0.243 e. The predicted molar refractivity (Wildman–Crippen MR) is 97.9 cm³/mol. The van der Waals surface area contributed by atoms with Crippen LogP contribution in [0.25, 0.3) is 5.57 Å². The molecule has 1 spiro atoms. The number of rotatable bonds is 3. The van der Waals surface area contributed by atoms with Gasteiger partial charge < -0.3 is 4.90 Å². The van der Waals surface area contributed by atoms with E-state index >= 15 is 0 Å². The highest BCUT2D eigenvalue weighted by molar-refractivity contribution is 6.08. The van der Waals surface area contributed by atoms with Crippen LogP contribution in [-0.2, 0) is 14.4 Å². The molecule has 26 heavy (non-hydrogen) atoms. The summed E-state index contributed by atoms with van der Waals surface area (Å²) in [6.45, 7) is 1.05. The Balaban J connectivity index is 1.39. The maximum atomic E-state index is 12.7. The van der Waals surface area contributed by atoms with Crippen molar-refractivity contribution in [3.05, 3.63) is 42.0 Å². The van der Waals surface area contributed by atoms with Gasteiger partial charge in [-0.15, -0.1) is 0 Å². The third kappa shape index (κ3) is 2.96. The summed E-state index contributed by atoms with van der Waals surface area (Å²) in [4.78, 5) is 40.6. The number of carbonyl (C=O) groups is 3. The van der Waals surface area contributed by atoms with Crippen LogP contribution in [0.5, 0.6) is 0 Å². The van der Waals surface area contributed by atoms with Crippen molar-refractivity contribution in [2.24, 2.45) is 5.41 Å². The third-order valence-corrected chi connectivity index (χ3v) is 6.05. The zero-order chi connectivity index (χ0) is 18.1. The molecule has 0 unspecified atom stereocenters. The number of hydrogen-bond donors (Lipinski definition) is 0. The molecule has 5 nitrogen and oxygen atoms in total. The van der Waals surface area contributed by atoms with Gasteiger partial charge in [-0.2, -0.15) is 0 Å². The van der Waals surface area contributed by atoms with Crippen LogP contribution in [0.1, 0.15) is 44.1 Å². The van der Waals surface area contributed by atoms with Crippen molar-refractivity contribution in [3.63, 3.8) is 0 Å². The Morgan fingerprint density at radius 3 is 2.46 bits per heavy atom. The lowest BCUT2D eigenvalue weighted by Gasteiger charge is -2.28. The molecular weight excluding hydrogens is 328 g/mol. The summed E-state index contributed by atoms with van der Waals surface area (Å²) in [5.74, 6) is -0.432. The van der Waals surface area contributed by atoms with Crippen molar-refractivity contribution in [1.29, 1.82) is 0 Å². The Morgan fingerprint density at radius 1 is 1.08 bits per heavy atom. The van der Waals surface area contributed by atoms with Gasteiger partial charge in [0.1, 0.15) is 6.54 Å². The summed E-state index contributed by atoms with van der Waals surface area (Å²) in [6, 6.07) is 10.2. The zero-order valence-corrected chi connectivity index (χ0v) is 14.9. The summed E-state index contributed by atoms with van der Waals surface area (Å²) >= 11 is 0. The van der Waals surface area contributed by atoms with Crippen LogP contribution in [0.15, 0.2) is 36.4 Å². The van der Waals surface area contributed by atoms with E-state index in [1.54, 1.807) is 4.90 Å². The van der Waals surface area contributed by atoms with Gasteiger partial charge in [0.2, 0.25) is 17.7 Å². The fraction of sp³-hybridized carbons (Fsp3) is 0.476. The second-order valence-corrected chi connectivity index (χ2v) is 7.63. The molecule has 0 bridgehead atoms. The summed E-state index contributed by atoms with van der Waals surface area (Å²) in [5, 5.41) is 0. The van der Waals surface area contributed by atoms with Gasteiger partial charge in [0.05, 0.1) is 5.41 Å². The van der Waals surface area contributed by atoms with Crippen LogP contribution in [0.2, 0.25) is 0 Å². The van der Waals surface area contributed by atoms with Crippen LogP contribution in [0, 0.1) is 5.41 Å². The number of imide groups is 1. The number of benzene rings is 1. The maximum absolute atomic E-state index is 12.7. The van der Waals surface area contributed by atoms with Gasteiger partial charge in [0.15, 0.2) is 0 Å². The lowest BCUT2D eigenvalue weighted by molar-refractivity contribution is -0.147. The van der Waals surface area contributed by atoms with E-state index < -0.39 is 5.41 Å². The summed E-state index contributed by atoms with van der Waals surface area (Å²) < 4.78 is 0. The largest absolute Gasteiger partial charge is 0.337 e. The SMILES string of the molecule is O=C(CN1C(=O)CC2(CCCC2)C1=O)N1CC=C(c2ccccc2)CC1. The van der Waals surface area contributed by atoms with Gasteiger partial charge in [-0.1, -0.05) is 49.2 Å². The lowest BCUT2D eigenvalue weighted by Crippen LogP contribution is -2.45. The minimum absolute atomic E-state index is 0.103. The van der Waals surface area contributed by atoms with Crippen molar-refractivity contribution in [2.75, 3.05) is 19.6 Å². The fourth-order valence-electron chi connectivity index (χ4n) is 4.51. The first-order chi connectivity index (χ1) is 12.6. The van der Waals surface area contributed by atoms with E-state index in [0.29, 0.717) is 13.1 Å². The van der Waals surface area contributed by atoms with Gasteiger partial charge in [0.25, 0.3) is 0 Å². The first kappa shape index (κ1) is 17.0. The molecule has 136 valence electrons. The van der Waals surface area contributed by atoms with Gasteiger partial charge in [-0.3, -0.25) is 19.3 Å². The molecule has 3 aliphatic rings. The van der Waals surface area contributed by atoms with Crippen LogP contribution in [0.3, 0.4) is 0 Å². The number of amides is 3. The second kappa shape index (κ2) is 6.71. The maximum Gasteiger partial charge on any atom is 0.243 e. The van der Waals surface area contributed by atoms with Gasteiger partial charge in [-0.25, -0.2) is 0 Å².